The van der Waals surface area contributed by atoms with E-state index in [0.717, 1.165) is 12.0 Å². The highest BCUT2D eigenvalue weighted by molar-refractivity contribution is 7.80. The second-order valence-electron chi connectivity index (χ2n) is 7.18. The summed E-state index contributed by atoms with van der Waals surface area (Å²) in [6, 6.07) is 7.86. The number of hydrogen-bond donors (Lipinski definition) is 4. The predicted molar refractivity (Wildman–Crippen MR) is 106 cm³/mol. The van der Waals surface area contributed by atoms with Crippen molar-refractivity contribution in [2.45, 2.75) is 49.3 Å². The molecule has 2 aromatic heterocycles. The van der Waals surface area contributed by atoms with Gasteiger partial charge in [-0.05, 0) is 30.5 Å². The Morgan fingerprint density at radius 3 is 2.89 bits per heavy atom. The molecule has 1 aliphatic heterocycles. The average molecular weight is 401 g/mol. The Bertz CT molecular complexity index is 993. The zero-order chi connectivity index (χ0) is 19.8. The molecule has 0 aliphatic carbocycles. The van der Waals surface area contributed by atoms with Crippen molar-refractivity contribution in [1.82, 2.24) is 14.5 Å². The molecule has 0 fully saturated rings. The van der Waals surface area contributed by atoms with E-state index in [-0.39, 0.29) is 12.5 Å². The number of nitrogens with zero attached hydrogens (tertiary/aromatic N) is 3. The second-order valence-corrected chi connectivity index (χ2v) is 7.60. The lowest BCUT2D eigenvalue weighted by molar-refractivity contribution is -0.107. The topological polar surface area (TPSA) is 101 Å². The zero-order valence-corrected chi connectivity index (χ0v) is 16.3. The van der Waals surface area contributed by atoms with Crippen molar-refractivity contribution in [3.63, 3.8) is 0 Å². The third kappa shape index (κ3) is 3.54. The molecule has 3 aromatic rings. The van der Waals surface area contributed by atoms with Gasteiger partial charge >= 0.3 is 0 Å². The van der Waals surface area contributed by atoms with Gasteiger partial charge in [0.15, 0.2) is 6.23 Å². The summed E-state index contributed by atoms with van der Waals surface area (Å²) in [6.45, 7) is 2.61. The number of fused-ring (bicyclic) bond motifs is 2. The zero-order valence-electron chi connectivity index (χ0n) is 15.4. The van der Waals surface area contributed by atoms with E-state index in [1.54, 1.807) is 12.3 Å². The summed E-state index contributed by atoms with van der Waals surface area (Å²) >= 11 is 4.27. The maximum absolute atomic E-state index is 10.6. The van der Waals surface area contributed by atoms with Crippen molar-refractivity contribution in [2.24, 2.45) is 0 Å². The highest BCUT2D eigenvalue weighted by atomic mass is 32.1. The van der Waals surface area contributed by atoms with E-state index in [2.05, 4.69) is 28.7 Å². The number of rotatable bonds is 5. The maximum atomic E-state index is 10.6. The van der Waals surface area contributed by atoms with Gasteiger partial charge in [0.1, 0.15) is 23.1 Å². The molecule has 1 aromatic carbocycles. The normalized spacial score (nSPS) is 20.0. The molecule has 0 saturated heterocycles. The Morgan fingerprint density at radius 1 is 1.25 bits per heavy atom. The monoisotopic (exact) mass is 401 g/mol. The molecular formula is C20H23N3O4S. The van der Waals surface area contributed by atoms with Gasteiger partial charge in [0.25, 0.3) is 0 Å². The van der Waals surface area contributed by atoms with Gasteiger partial charge in [0.2, 0.25) is 0 Å². The van der Waals surface area contributed by atoms with Gasteiger partial charge in [-0.2, -0.15) is 0 Å². The van der Waals surface area contributed by atoms with Gasteiger partial charge in [-0.15, -0.1) is 12.6 Å². The third-order valence-electron chi connectivity index (χ3n) is 5.26. The van der Waals surface area contributed by atoms with Crippen LogP contribution in [0.4, 0.5) is 0 Å². The molecule has 28 heavy (non-hydrogen) atoms. The molecule has 1 aliphatic rings. The van der Waals surface area contributed by atoms with Crippen LogP contribution in [0.15, 0.2) is 41.8 Å². The fourth-order valence-corrected chi connectivity index (χ4v) is 3.98. The number of thiol groups is 1. The van der Waals surface area contributed by atoms with E-state index in [9.17, 15) is 15.3 Å². The number of aliphatic hydroxyl groups is 3. The lowest BCUT2D eigenvalue weighted by Crippen LogP contribution is -2.37. The summed E-state index contributed by atoms with van der Waals surface area (Å²) in [5.74, 6) is 0. The average Bonchev–Trinajstić information content (AvgIpc) is 3.12. The summed E-state index contributed by atoms with van der Waals surface area (Å²) in [5, 5.41) is 32.9. The minimum atomic E-state index is -1.41. The molecular weight excluding hydrogens is 378 g/mol. The summed E-state index contributed by atoms with van der Waals surface area (Å²) in [7, 11) is 0. The Hall–Kier alpha value is -1.97. The second kappa shape index (κ2) is 7.81. The van der Waals surface area contributed by atoms with Crippen molar-refractivity contribution >= 4 is 23.7 Å². The molecule has 0 radical (unpaired) electrons. The lowest BCUT2D eigenvalue weighted by atomic mass is 9.91. The summed E-state index contributed by atoms with van der Waals surface area (Å²) in [6.07, 6.45) is -0.336. The van der Waals surface area contributed by atoms with Gasteiger partial charge < -0.3 is 24.6 Å². The van der Waals surface area contributed by atoms with Crippen LogP contribution in [-0.4, -0.2) is 48.7 Å². The third-order valence-corrected chi connectivity index (χ3v) is 5.62. The van der Waals surface area contributed by atoms with Crippen LogP contribution in [0.1, 0.15) is 35.4 Å². The van der Waals surface area contributed by atoms with Crippen molar-refractivity contribution in [1.29, 1.82) is 0 Å². The van der Waals surface area contributed by atoms with Crippen LogP contribution in [0, 0.1) is 6.92 Å². The number of ether oxygens (including phenoxy) is 1. The highest BCUT2D eigenvalue weighted by Gasteiger charge is 2.31. The van der Waals surface area contributed by atoms with Crippen molar-refractivity contribution in [3.05, 3.63) is 53.5 Å². The van der Waals surface area contributed by atoms with E-state index in [1.807, 2.05) is 19.1 Å². The van der Waals surface area contributed by atoms with Crippen molar-refractivity contribution in [2.75, 3.05) is 6.61 Å². The standard InChI is InChI=1S/C20H23N3O4S/c1-11-2-3-13-12(8-11)5-7-27-16(13)9-15(24)17(25)20(26)23-6-4-14-18(23)21-10-22-19(14)28/h2-4,6,8,10,15-17,20,24-26H,5,7,9H2,1H3,(H,21,22,28). The van der Waals surface area contributed by atoms with Crippen LogP contribution in [0.3, 0.4) is 0 Å². The number of hydrogen-bond acceptors (Lipinski definition) is 7. The van der Waals surface area contributed by atoms with Crippen molar-refractivity contribution in [3.8, 4) is 0 Å². The molecule has 4 rings (SSSR count). The Kier molecular flexibility index (Phi) is 5.39. The highest BCUT2D eigenvalue weighted by Crippen LogP contribution is 2.33. The number of aryl methyl sites for hydroxylation is 1. The van der Waals surface area contributed by atoms with Crippen LogP contribution in [-0.2, 0) is 11.2 Å². The van der Waals surface area contributed by atoms with E-state index in [1.165, 1.54) is 22.0 Å². The molecule has 0 spiro atoms. The Balaban J connectivity index is 1.52. The first-order chi connectivity index (χ1) is 13.5. The van der Waals surface area contributed by atoms with Crippen LogP contribution < -0.4 is 0 Å². The van der Waals surface area contributed by atoms with Gasteiger partial charge in [-0.3, -0.25) is 0 Å². The van der Waals surface area contributed by atoms with Gasteiger partial charge in [0.05, 0.1) is 24.2 Å². The molecule has 7 nitrogen and oxygen atoms in total. The first-order valence-electron chi connectivity index (χ1n) is 9.21. The minimum Gasteiger partial charge on any atom is -0.390 e. The fraction of sp³-hybridized carbons (Fsp3) is 0.400. The number of aromatic nitrogens is 3. The molecule has 148 valence electrons. The quantitative estimate of drug-likeness (QED) is 0.385. The molecule has 8 heteroatoms. The number of aliphatic hydroxyl groups excluding tert-OH is 3. The van der Waals surface area contributed by atoms with Crippen molar-refractivity contribution < 1.29 is 20.1 Å². The largest absolute Gasteiger partial charge is 0.390 e. The lowest BCUT2D eigenvalue weighted by Gasteiger charge is -2.31. The first-order valence-corrected chi connectivity index (χ1v) is 9.66. The molecule has 0 bridgehead atoms. The predicted octanol–water partition coefficient (Wildman–Crippen LogP) is 1.95. The van der Waals surface area contributed by atoms with Crippen LogP contribution in [0.5, 0.6) is 0 Å². The fourth-order valence-electron chi connectivity index (χ4n) is 3.75. The van der Waals surface area contributed by atoms with Gasteiger partial charge in [-0.1, -0.05) is 23.8 Å². The molecule has 4 unspecified atom stereocenters. The summed E-state index contributed by atoms with van der Waals surface area (Å²) in [4.78, 5) is 8.14. The van der Waals surface area contributed by atoms with E-state index >= 15 is 0 Å². The minimum absolute atomic E-state index is 0.181. The Labute approximate surface area is 168 Å². The molecule has 0 amide bonds. The molecule has 3 heterocycles. The first kappa shape index (κ1) is 19.4. The smallest absolute Gasteiger partial charge is 0.160 e. The molecule has 0 saturated carbocycles. The summed E-state index contributed by atoms with van der Waals surface area (Å²) < 4.78 is 7.24. The van der Waals surface area contributed by atoms with Crippen LogP contribution >= 0.6 is 12.6 Å². The maximum Gasteiger partial charge on any atom is 0.160 e. The molecule has 4 atom stereocenters. The van der Waals surface area contributed by atoms with E-state index < -0.39 is 18.4 Å². The van der Waals surface area contributed by atoms with Crippen LogP contribution in [0.25, 0.3) is 11.0 Å². The molecule has 3 N–H and O–H groups in total. The van der Waals surface area contributed by atoms with E-state index in [0.29, 0.717) is 22.7 Å². The van der Waals surface area contributed by atoms with Gasteiger partial charge in [-0.25, -0.2) is 9.97 Å². The van der Waals surface area contributed by atoms with Gasteiger partial charge in [0, 0.05) is 12.6 Å². The number of benzene rings is 1. The van der Waals surface area contributed by atoms with Crippen LogP contribution in [0.2, 0.25) is 0 Å². The van der Waals surface area contributed by atoms with E-state index in [4.69, 9.17) is 4.74 Å². The Morgan fingerprint density at radius 2 is 2.07 bits per heavy atom. The summed E-state index contributed by atoms with van der Waals surface area (Å²) in [5.41, 5.74) is 3.85. The SMILES string of the molecule is Cc1ccc2c(c1)CCOC2CC(O)C(O)C(O)n1ccc2c(S)ncnc21.